The number of esters is 1. The third-order valence-electron chi connectivity index (χ3n) is 4.24. The Bertz CT molecular complexity index is 1050. The van der Waals surface area contributed by atoms with Crippen LogP contribution in [0.5, 0.6) is 0 Å². The second kappa shape index (κ2) is 9.92. The van der Waals surface area contributed by atoms with Gasteiger partial charge in [-0.1, -0.05) is 36.4 Å². The van der Waals surface area contributed by atoms with Gasteiger partial charge in [0.15, 0.2) is 0 Å². The molecule has 0 radical (unpaired) electrons. The SMILES string of the molecule is CCOC(=O)[C@H](CCS(=O)(=O)O)NC(=O)c1ccccc1-c1ccccc1C(F)(F)F. The van der Waals surface area contributed by atoms with Gasteiger partial charge in [0, 0.05) is 5.56 Å². The molecule has 0 heterocycles. The van der Waals surface area contributed by atoms with Crippen LogP contribution in [0.3, 0.4) is 0 Å². The normalized spacial score (nSPS) is 12.8. The van der Waals surface area contributed by atoms with Crippen molar-refractivity contribution in [1.29, 1.82) is 0 Å². The highest BCUT2D eigenvalue weighted by Gasteiger charge is 2.34. The minimum absolute atomic E-state index is 0.0229. The number of hydrogen-bond acceptors (Lipinski definition) is 5. The van der Waals surface area contributed by atoms with Gasteiger partial charge in [-0.15, -0.1) is 0 Å². The van der Waals surface area contributed by atoms with Gasteiger partial charge in [-0.3, -0.25) is 9.35 Å². The summed E-state index contributed by atoms with van der Waals surface area (Å²) < 4.78 is 76.1. The molecule has 1 amide bonds. The van der Waals surface area contributed by atoms with E-state index in [1.54, 1.807) is 0 Å². The van der Waals surface area contributed by atoms with Crippen LogP contribution < -0.4 is 5.32 Å². The highest BCUT2D eigenvalue weighted by Crippen LogP contribution is 2.38. The molecule has 31 heavy (non-hydrogen) atoms. The molecule has 168 valence electrons. The topological polar surface area (TPSA) is 110 Å². The lowest BCUT2D eigenvalue weighted by Crippen LogP contribution is -2.43. The molecule has 7 nitrogen and oxygen atoms in total. The molecular formula is C20H20F3NO6S. The smallest absolute Gasteiger partial charge is 0.417 e. The number of ether oxygens (including phenoxy) is 1. The van der Waals surface area contributed by atoms with Gasteiger partial charge in [0.25, 0.3) is 16.0 Å². The fraction of sp³-hybridized carbons (Fsp3) is 0.300. The van der Waals surface area contributed by atoms with Crippen molar-refractivity contribution in [2.75, 3.05) is 12.4 Å². The number of carbonyl (C=O) groups is 2. The predicted octanol–water partition coefficient (Wildman–Crippen LogP) is 3.31. The average Bonchev–Trinajstić information content (AvgIpc) is 2.69. The lowest BCUT2D eigenvalue weighted by atomic mass is 9.94. The Labute approximate surface area is 177 Å². The number of benzene rings is 2. The average molecular weight is 459 g/mol. The molecule has 2 aromatic rings. The van der Waals surface area contributed by atoms with Gasteiger partial charge in [-0.2, -0.15) is 21.6 Å². The van der Waals surface area contributed by atoms with E-state index in [1.807, 2.05) is 0 Å². The van der Waals surface area contributed by atoms with Crippen molar-refractivity contribution in [2.24, 2.45) is 0 Å². The molecule has 0 saturated carbocycles. The molecule has 2 aromatic carbocycles. The van der Waals surface area contributed by atoms with E-state index >= 15 is 0 Å². The highest BCUT2D eigenvalue weighted by molar-refractivity contribution is 7.85. The summed E-state index contributed by atoms with van der Waals surface area (Å²) in [5.41, 5.74) is -1.35. The van der Waals surface area contributed by atoms with Gasteiger partial charge in [0.05, 0.1) is 17.9 Å². The van der Waals surface area contributed by atoms with Crippen molar-refractivity contribution in [3.8, 4) is 11.1 Å². The first-order valence-corrected chi connectivity index (χ1v) is 10.7. The summed E-state index contributed by atoms with van der Waals surface area (Å²) in [7, 11) is -4.43. The van der Waals surface area contributed by atoms with Crippen molar-refractivity contribution >= 4 is 22.0 Å². The highest BCUT2D eigenvalue weighted by atomic mass is 32.2. The van der Waals surface area contributed by atoms with E-state index < -0.39 is 51.9 Å². The maximum atomic E-state index is 13.4. The zero-order valence-electron chi connectivity index (χ0n) is 16.3. The minimum atomic E-state index is -4.66. The van der Waals surface area contributed by atoms with Crippen LogP contribution >= 0.6 is 0 Å². The van der Waals surface area contributed by atoms with Crippen LogP contribution in [-0.4, -0.2) is 43.2 Å². The van der Waals surface area contributed by atoms with Crippen LogP contribution in [0.4, 0.5) is 13.2 Å². The number of halogens is 3. The van der Waals surface area contributed by atoms with Gasteiger partial charge in [-0.25, -0.2) is 4.79 Å². The van der Waals surface area contributed by atoms with Crippen molar-refractivity contribution in [3.63, 3.8) is 0 Å². The molecule has 0 spiro atoms. The first-order chi connectivity index (χ1) is 14.4. The second-order valence-electron chi connectivity index (χ2n) is 6.44. The fourth-order valence-corrected chi connectivity index (χ4v) is 3.41. The number of hydrogen-bond donors (Lipinski definition) is 2. The second-order valence-corrected chi connectivity index (χ2v) is 8.01. The maximum absolute atomic E-state index is 13.4. The molecule has 1 atom stereocenters. The van der Waals surface area contributed by atoms with Crippen LogP contribution in [0.15, 0.2) is 48.5 Å². The molecular weight excluding hydrogens is 439 g/mol. The molecule has 0 aliphatic rings. The van der Waals surface area contributed by atoms with Crippen molar-refractivity contribution < 1.29 is 40.5 Å². The summed E-state index contributed by atoms with van der Waals surface area (Å²) in [6.07, 6.45) is -5.14. The number of rotatable bonds is 8. The standard InChI is InChI=1S/C20H20F3NO6S/c1-2-30-19(26)17(11-12-31(27,28)29)24-18(25)15-9-4-3-7-13(15)14-8-5-6-10-16(14)20(21,22)23/h3-10,17H,2,11-12H2,1H3,(H,24,25)(H,27,28,29)/t17-/m0/s1. The Morgan fingerprint density at radius 1 is 1.06 bits per heavy atom. The van der Waals surface area contributed by atoms with Gasteiger partial charge >= 0.3 is 12.1 Å². The first-order valence-electron chi connectivity index (χ1n) is 9.12. The van der Waals surface area contributed by atoms with Crippen LogP contribution in [-0.2, 0) is 25.8 Å². The third-order valence-corrected chi connectivity index (χ3v) is 4.99. The number of amides is 1. The third kappa shape index (κ3) is 6.79. The Kier molecular flexibility index (Phi) is 7.80. The molecule has 0 unspecified atom stereocenters. The molecule has 0 saturated heterocycles. The quantitative estimate of drug-likeness (QED) is 0.463. The Morgan fingerprint density at radius 2 is 1.65 bits per heavy atom. The summed E-state index contributed by atoms with van der Waals surface area (Å²) in [5.74, 6) is -2.66. The minimum Gasteiger partial charge on any atom is -0.464 e. The molecule has 11 heteroatoms. The van der Waals surface area contributed by atoms with Crippen molar-refractivity contribution in [1.82, 2.24) is 5.32 Å². The van der Waals surface area contributed by atoms with Gasteiger partial charge < -0.3 is 10.1 Å². The molecule has 0 bridgehead atoms. The molecule has 2 N–H and O–H groups in total. The lowest BCUT2D eigenvalue weighted by Gasteiger charge is -2.19. The van der Waals surface area contributed by atoms with E-state index in [2.05, 4.69) is 5.32 Å². The number of nitrogens with one attached hydrogen (secondary N) is 1. The molecule has 0 fully saturated rings. The molecule has 0 aromatic heterocycles. The molecule has 2 rings (SSSR count). The van der Waals surface area contributed by atoms with Crippen LogP contribution in [0.25, 0.3) is 11.1 Å². The van der Waals surface area contributed by atoms with E-state index in [-0.39, 0.29) is 23.3 Å². The molecule has 0 aliphatic heterocycles. The first kappa shape index (κ1) is 24.4. The van der Waals surface area contributed by atoms with Crippen molar-refractivity contribution in [2.45, 2.75) is 25.6 Å². The zero-order valence-corrected chi connectivity index (χ0v) is 17.2. The summed E-state index contributed by atoms with van der Waals surface area (Å²) in [5, 5.41) is 2.29. The Hall–Kier alpha value is -2.92. The van der Waals surface area contributed by atoms with Crippen molar-refractivity contribution in [3.05, 3.63) is 59.7 Å². The number of alkyl halides is 3. The lowest BCUT2D eigenvalue weighted by molar-refractivity contribution is -0.145. The van der Waals surface area contributed by atoms with Crippen LogP contribution in [0.2, 0.25) is 0 Å². The van der Waals surface area contributed by atoms with E-state index in [4.69, 9.17) is 9.29 Å². The van der Waals surface area contributed by atoms with E-state index in [9.17, 15) is 31.2 Å². The summed E-state index contributed by atoms with van der Waals surface area (Å²) in [6, 6.07) is 8.80. The number of carbonyl (C=O) groups excluding carboxylic acids is 2. The predicted molar refractivity (Wildman–Crippen MR) is 106 cm³/mol. The monoisotopic (exact) mass is 459 g/mol. The van der Waals surface area contributed by atoms with Crippen LogP contribution in [0.1, 0.15) is 29.3 Å². The van der Waals surface area contributed by atoms with Gasteiger partial charge in [0.1, 0.15) is 6.04 Å². The van der Waals surface area contributed by atoms with Crippen LogP contribution in [0, 0.1) is 0 Å². The van der Waals surface area contributed by atoms with E-state index in [1.165, 1.54) is 49.4 Å². The fourth-order valence-electron chi connectivity index (χ4n) is 2.88. The summed E-state index contributed by atoms with van der Waals surface area (Å²) in [6.45, 7) is 1.45. The van der Waals surface area contributed by atoms with Gasteiger partial charge in [-0.05, 0) is 36.6 Å². The van der Waals surface area contributed by atoms with Gasteiger partial charge in [0.2, 0.25) is 0 Å². The summed E-state index contributed by atoms with van der Waals surface area (Å²) in [4.78, 5) is 24.9. The Morgan fingerprint density at radius 3 is 2.23 bits per heavy atom. The largest absolute Gasteiger partial charge is 0.464 e. The van der Waals surface area contributed by atoms with E-state index in [0.717, 1.165) is 6.07 Å². The maximum Gasteiger partial charge on any atom is 0.417 e. The summed E-state index contributed by atoms with van der Waals surface area (Å²) >= 11 is 0. The zero-order chi connectivity index (χ0) is 23.2. The molecule has 0 aliphatic carbocycles. The Balaban J connectivity index is 2.41. The van der Waals surface area contributed by atoms with E-state index in [0.29, 0.717) is 0 Å².